The van der Waals surface area contributed by atoms with Gasteiger partial charge in [-0.3, -0.25) is 14.4 Å². The maximum absolute atomic E-state index is 12.9. The minimum absolute atomic E-state index is 0.0618. The number of hydrogen-bond donors (Lipinski definition) is 0. The normalized spacial score (nSPS) is 12.4. The van der Waals surface area contributed by atoms with Crippen LogP contribution in [0.3, 0.4) is 0 Å². The average Bonchev–Trinajstić information content (AvgIpc) is 3.35. The van der Waals surface area contributed by atoms with Gasteiger partial charge in [0.2, 0.25) is 0 Å². The Hall–Kier alpha value is -1.59. The second-order valence-corrected chi connectivity index (χ2v) is 22.8. The van der Waals surface area contributed by atoms with Crippen molar-refractivity contribution in [2.75, 3.05) is 13.2 Å². The fourth-order valence-electron chi connectivity index (χ4n) is 9.90. The number of carbonyl (C=O) groups is 3. The summed E-state index contributed by atoms with van der Waals surface area (Å²) in [7, 11) is 0. The van der Waals surface area contributed by atoms with Gasteiger partial charge in [0.25, 0.3) is 0 Å². The van der Waals surface area contributed by atoms with Crippen LogP contribution in [0.2, 0.25) is 0 Å². The molecule has 2 atom stereocenters. The average molecular weight is 990 g/mol. The van der Waals surface area contributed by atoms with Crippen molar-refractivity contribution in [2.24, 2.45) is 11.8 Å². The first-order valence-corrected chi connectivity index (χ1v) is 31.8. The summed E-state index contributed by atoms with van der Waals surface area (Å²) in [6.45, 7) is 11.5. The van der Waals surface area contributed by atoms with Gasteiger partial charge in [-0.25, -0.2) is 0 Å². The van der Waals surface area contributed by atoms with Gasteiger partial charge in [-0.2, -0.15) is 0 Å². The zero-order chi connectivity index (χ0) is 51.1. The number of unbranched alkanes of at least 4 members (excludes halogenated alkanes) is 42. The first-order chi connectivity index (χ1) is 34.3. The van der Waals surface area contributed by atoms with Gasteiger partial charge >= 0.3 is 17.9 Å². The van der Waals surface area contributed by atoms with Crippen LogP contribution in [-0.2, 0) is 28.6 Å². The van der Waals surface area contributed by atoms with E-state index in [9.17, 15) is 14.4 Å². The number of rotatable bonds is 58. The molecule has 0 fully saturated rings. The highest BCUT2D eigenvalue weighted by Gasteiger charge is 2.19. The number of ether oxygens (including phenoxy) is 3. The zero-order valence-corrected chi connectivity index (χ0v) is 48.2. The van der Waals surface area contributed by atoms with Crippen molar-refractivity contribution >= 4 is 17.9 Å². The molecule has 0 amide bonds. The third kappa shape index (κ3) is 55.7. The standard InChI is InChI=1S/C64H124O6/c1-6-8-9-10-11-12-13-14-17-26-31-36-41-46-51-56-64(67)70-61(58-69-63(66)55-50-45-40-35-30-25-21-20-23-28-33-38-43-48-53-60(5)7-2)57-68-62(65)54-49-44-39-34-29-24-19-16-15-18-22-27-32-37-42-47-52-59(3)4/h59-61H,6-58H2,1-5H3/t60?,61-/m0/s1. The summed E-state index contributed by atoms with van der Waals surface area (Å²) < 4.78 is 17.0. The zero-order valence-electron chi connectivity index (χ0n) is 48.2. The van der Waals surface area contributed by atoms with E-state index in [1.54, 1.807) is 0 Å². The first-order valence-electron chi connectivity index (χ1n) is 31.8. The van der Waals surface area contributed by atoms with Gasteiger partial charge in [-0.05, 0) is 31.1 Å². The summed E-state index contributed by atoms with van der Waals surface area (Å²) in [4.78, 5) is 38.3. The molecule has 0 aliphatic heterocycles. The van der Waals surface area contributed by atoms with Crippen molar-refractivity contribution in [3.63, 3.8) is 0 Å². The van der Waals surface area contributed by atoms with E-state index in [1.165, 1.54) is 250 Å². The Kier molecular flexibility index (Phi) is 55.4. The minimum atomic E-state index is -0.763. The van der Waals surface area contributed by atoms with Crippen LogP contribution in [0, 0.1) is 11.8 Å². The van der Waals surface area contributed by atoms with Crippen molar-refractivity contribution < 1.29 is 28.6 Å². The van der Waals surface area contributed by atoms with E-state index >= 15 is 0 Å². The molecule has 0 aromatic carbocycles. The highest BCUT2D eigenvalue weighted by atomic mass is 16.6. The molecule has 6 heteroatoms. The molecule has 0 aromatic heterocycles. The number of carbonyl (C=O) groups excluding carboxylic acids is 3. The van der Waals surface area contributed by atoms with Gasteiger partial charge in [0, 0.05) is 19.3 Å². The topological polar surface area (TPSA) is 78.9 Å². The maximum Gasteiger partial charge on any atom is 0.306 e. The van der Waals surface area contributed by atoms with E-state index in [0.29, 0.717) is 19.3 Å². The molecule has 0 aliphatic rings. The predicted octanol–water partition coefficient (Wildman–Crippen LogP) is 21.2. The lowest BCUT2D eigenvalue weighted by atomic mass is 9.99. The molecule has 0 aliphatic carbocycles. The van der Waals surface area contributed by atoms with E-state index in [1.807, 2.05) is 0 Å². The molecular weight excluding hydrogens is 865 g/mol. The van der Waals surface area contributed by atoms with Gasteiger partial charge in [0.05, 0.1) is 0 Å². The molecule has 0 bridgehead atoms. The lowest BCUT2D eigenvalue weighted by molar-refractivity contribution is -0.167. The van der Waals surface area contributed by atoms with Gasteiger partial charge in [0.1, 0.15) is 13.2 Å². The number of esters is 3. The summed E-state index contributed by atoms with van der Waals surface area (Å²) in [6, 6.07) is 0. The van der Waals surface area contributed by atoms with Gasteiger partial charge in [0.15, 0.2) is 6.10 Å². The summed E-state index contributed by atoms with van der Waals surface area (Å²) in [6.07, 6.45) is 62.3. The van der Waals surface area contributed by atoms with E-state index in [4.69, 9.17) is 14.2 Å². The molecule has 0 saturated heterocycles. The Morgan fingerprint density at radius 2 is 0.543 bits per heavy atom. The molecule has 0 aromatic rings. The Labute approximate surface area is 438 Å². The van der Waals surface area contributed by atoms with Gasteiger partial charge < -0.3 is 14.2 Å². The highest BCUT2D eigenvalue weighted by molar-refractivity contribution is 5.71. The minimum Gasteiger partial charge on any atom is -0.462 e. The van der Waals surface area contributed by atoms with Crippen LogP contribution in [0.25, 0.3) is 0 Å². The highest BCUT2D eigenvalue weighted by Crippen LogP contribution is 2.19. The van der Waals surface area contributed by atoms with Crippen LogP contribution >= 0.6 is 0 Å². The summed E-state index contributed by atoms with van der Waals surface area (Å²) in [5.41, 5.74) is 0. The maximum atomic E-state index is 12.9. The van der Waals surface area contributed by atoms with Crippen molar-refractivity contribution in [1.29, 1.82) is 0 Å². The molecule has 416 valence electrons. The Bertz CT molecular complexity index is 1070. The lowest BCUT2D eigenvalue weighted by Gasteiger charge is -2.18. The lowest BCUT2D eigenvalue weighted by Crippen LogP contribution is -2.30. The molecule has 1 unspecified atom stereocenters. The third-order valence-corrected chi connectivity index (χ3v) is 15.1. The van der Waals surface area contributed by atoms with Crippen LogP contribution in [0.5, 0.6) is 0 Å². The van der Waals surface area contributed by atoms with Crippen molar-refractivity contribution in [1.82, 2.24) is 0 Å². The van der Waals surface area contributed by atoms with E-state index in [2.05, 4.69) is 34.6 Å². The monoisotopic (exact) mass is 989 g/mol. The van der Waals surface area contributed by atoms with E-state index in [0.717, 1.165) is 69.6 Å². The second-order valence-electron chi connectivity index (χ2n) is 22.8. The molecule has 0 N–H and O–H groups in total. The van der Waals surface area contributed by atoms with Crippen molar-refractivity contribution in [2.45, 2.75) is 368 Å². The summed E-state index contributed by atoms with van der Waals surface area (Å²) in [5, 5.41) is 0. The smallest absolute Gasteiger partial charge is 0.306 e. The SMILES string of the molecule is CCCCCCCCCCCCCCCCCC(=O)O[C@@H](COC(=O)CCCCCCCCCCCCCCCCCCC(C)C)COC(=O)CCCCCCCCCCCCCCCCC(C)CC. The first kappa shape index (κ1) is 68.4. The molecule has 70 heavy (non-hydrogen) atoms. The summed E-state index contributed by atoms with van der Waals surface area (Å²) >= 11 is 0. The van der Waals surface area contributed by atoms with Crippen LogP contribution in [0.1, 0.15) is 362 Å². The number of hydrogen-bond acceptors (Lipinski definition) is 6. The molecule has 0 rings (SSSR count). The molecule has 0 saturated carbocycles. The molecule has 0 heterocycles. The van der Waals surface area contributed by atoms with Crippen LogP contribution in [-0.4, -0.2) is 37.2 Å². The Morgan fingerprint density at radius 1 is 0.300 bits per heavy atom. The Balaban J connectivity index is 4.28. The molecular formula is C64H124O6. The third-order valence-electron chi connectivity index (χ3n) is 15.1. The fourth-order valence-corrected chi connectivity index (χ4v) is 9.90. The van der Waals surface area contributed by atoms with E-state index in [-0.39, 0.29) is 31.1 Å². The van der Waals surface area contributed by atoms with Crippen LogP contribution in [0.15, 0.2) is 0 Å². The quantitative estimate of drug-likeness (QED) is 0.0343. The van der Waals surface area contributed by atoms with Crippen molar-refractivity contribution in [3.05, 3.63) is 0 Å². The molecule has 0 radical (unpaired) electrons. The second kappa shape index (κ2) is 56.7. The summed E-state index contributed by atoms with van der Waals surface area (Å²) in [5.74, 6) is 0.917. The van der Waals surface area contributed by atoms with Gasteiger partial charge in [-0.1, -0.05) is 324 Å². The fraction of sp³-hybridized carbons (Fsp3) is 0.953. The molecule has 0 spiro atoms. The van der Waals surface area contributed by atoms with Crippen LogP contribution in [0.4, 0.5) is 0 Å². The van der Waals surface area contributed by atoms with Crippen molar-refractivity contribution in [3.8, 4) is 0 Å². The predicted molar refractivity (Wildman–Crippen MR) is 303 cm³/mol. The molecule has 6 nitrogen and oxygen atoms in total. The van der Waals surface area contributed by atoms with Crippen LogP contribution < -0.4 is 0 Å². The van der Waals surface area contributed by atoms with Gasteiger partial charge in [-0.15, -0.1) is 0 Å². The Morgan fingerprint density at radius 3 is 0.814 bits per heavy atom. The van der Waals surface area contributed by atoms with E-state index < -0.39 is 6.10 Å². The largest absolute Gasteiger partial charge is 0.462 e.